The first-order valence-corrected chi connectivity index (χ1v) is 8.37. The maximum atomic E-state index is 12.1. The van der Waals surface area contributed by atoms with Crippen LogP contribution in [0.4, 0.5) is 5.69 Å². The lowest BCUT2D eigenvalue weighted by Crippen LogP contribution is -2.31. The van der Waals surface area contributed by atoms with Crippen molar-refractivity contribution >= 4 is 23.5 Å². The van der Waals surface area contributed by atoms with Crippen LogP contribution in [-0.2, 0) is 14.3 Å². The van der Waals surface area contributed by atoms with Crippen molar-refractivity contribution in [2.45, 2.75) is 26.9 Å². The lowest BCUT2D eigenvalue weighted by molar-refractivity contribution is -0.155. The van der Waals surface area contributed by atoms with Gasteiger partial charge in [-0.3, -0.25) is 9.59 Å². The number of nitrogens with two attached hydrogens (primary N) is 1. The van der Waals surface area contributed by atoms with Crippen LogP contribution in [0.15, 0.2) is 42.5 Å². The molecule has 0 aliphatic carbocycles. The van der Waals surface area contributed by atoms with Gasteiger partial charge in [0, 0.05) is 11.3 Å². The first-order chi connectivity index (χ1) is 12.8. The second-order valence-corrected chi connectivity index (χ2v) is 6.07. The minimum absolute atomic E-state index is 0.295. The maximum Gasteiger partial charge on any atom is 0.344 e. The quantitative estimate of drug-likeness (QED) is 0.728. The van der Waals surface area contributed by atoms with E-state index in [1.807, 2.05) is 32.0 Å². The van der Waals surface area contributed by atoms with E-state index in [9.17, 15) is 14.4 Å². The number of hydrogen-bond acceptors (Lipinski definition) is 5. The Kier molecular flexibility index (Phi) is 6.54. The number of ether oxygens (including phenoxy) is 2. The van der Waals surface area contributed by atoms with Crippen molar-refractivity contribution in [1.29, 1.82) is 0 Å². The highest BCUT2D eigenvalue weighted by molar-refractivity contribution is 5.96. The molecule has 7 heteroatoms. The van der Waals surface area contributed by atoms with Gasteiger partial charge in [0.25, 0.3) is 5.91 Å². The normalized spacial score (nSPS) is 11.4. The van der Waals surface area contributed by atoms with E-state index in [1.165, 1.54) is 31.2 Å². The fourth-order valence-electron chi connectivity index (χ4n) is 2.40. The number of anilines is 1. The Bertz CT molecular complexity index is 826. The third kappa shape index (κ3) is 5.57. The molecule has 0 aliphatic rings. The van der Waals surface area contributed by atoms with Crippen molar-refractivity contribution < 1.29 is 23.9 Å². The van der Waals surface area contributed by atoms with Crippen molar-refractivity contribution in [1.82, 2.24) is 0 Å². The van der Waals surface area contributed by atoms with Gasteiger partial charge in [-0.2, -0.15) is 0 Å². The summed E-state index contributed by atoms with van der Waals surface area (Å²) in [4.78, 5) is 35.1. The number of benzene rings is 2. The van der Waals surface area contributed by atoms with E-state index in [2.05, 4.69) is 5.32 Å². The van der Waals surface area contributed by atoms with Crippen LogP contribution in [0.25, 0.3) is 0 Å². The number of hydrogen-bond donors (Lipinski definition) is 2. The molecule has 0 aliphatic heterocycles. The number of primary amides is 1. The molecule has 0 aromatic heterocycles. The Labute approximate surface area is 157 Å². The molecule has 0 unspecified atom stereocenters. The minimum atomic E-state index is -1.00. The van der Waals surface area contributed by atoms with E-state index in [0.29, 0.717) is 17.0 Å². The number of carbonyl (C=O) groups is 3. The Morgan fingerprint density at radius 3 is 2.19 bits per heavy atom. The van der Waals surface area contributed by atoms with E-state index in [-0.39, 0.29) is 6.61 Å². The summed E-state index contributed by atoms with van der Waals surface area (Å²) < 4.78 is 10.6. The minimum Gasteiger partial charge on any atom is -0.481 e. The first-order valence-electron chi connectivity index (χ1n) is 8.37. The van der Waals surface area contributed by atoms with E-state index >= 15 is 0 Å². The van der Waals surface area contributed by atoms with Crippen molar-refractivity contribution in [2.24, 2.45) is 5.73 Å². The van der Waals surface area contributed by atoms with Gasteiger partial charge >= 0.3 is 5.97 Å². The molecule has 3 N–H and O–H groups in total. The summed E-state index contributed by atoms with van der Waals surface area (Å²) in [5, 5.41) is 2.60. The second kappa shape index (κ2) is 8.84. The van der Waals surface area contributed by atoms with Gasteiger partial charge in [0.15, 0.2) is 12.7 Å². The largest absolute Gasteiger partial charge is 0.481 e. The van der Waals surface area contributed by atoms with E-state index < -0.39 is 23.9 Å². The smallest absolute Gasteiger partial charge is 0.344 e. The summed E-state index contributed by atoms with van der Waals surface area (Å²) in [6.45, 7) is 4.93. The van der Waals surface area contributed by atoms with E-state index in [1.54, 1.807) is 0 Å². The molecule has 0 heterocycles. The van der Waals surface area contributed by atoms with Crippen molar-refractivity contribution in [3.05, 3.63) is 59.2 Å². The number of para-hydroxylation sites is 1. The number of nitrogens with one attached hydrogen (secondary N) is 1. The summed E-state index contributed by atoms with van der Waals surface area (Å²) >= 11 is 0. The molecule has 0 fully saturated rings. The SMILES string of the molecule is Cc1cccc(C)c1OCC(=O)O[C@H](C)C(=O)Nc1ccc(C(N)=O)cc1. The summed E-state index contributed by atoms with van der Waals surface area (Å²) in [7, 11) is 0. The molecule has 2 amide bonds. The van der Waals surface area contributed by atoms with Gasteiger partial charge in [0.05, 0.1) is 0 Å². The van der Waals surface area contributed by atoms with Crippen LogP contribution in [0, 0.1) is 13.8 Å². The van der Waals surface area contributed by atoms with Gasteiger partial charge in [-0.1, -0.05) is 18.2 Å². The highest BCUT2D eigenvalue weighted by Gasteiger charge is 2.19. The number of carbonyl (C=O) groups excluding carboxylic acids is 3. The molecule has 2 rings (SSSR count). The van der Waals surface area contributed by atoms with E-state index in [4.69, 9.17) is 15.2 Å². The fraction of sp³-hybridized carbons (Fsp3) is 0.250. The molecule has 27 heavy (non-hydrogen) atoms. The maximum absolute atomic E-state index is 12.1. The third-order valence-electron chi connectivity index (χ3n) is 3.86. The van der Waals surface area contributed by atoms with Gasteiger partial charge in [0.1, 0.15) is 5.75 Å². The summed E-state index contributed by atoms with van der Waals surface area (Å²) in [6, 6.07) is 11.7. The summed E-state index contributed by atoms with van der Waals surface area (Å²) in [6.07, 6.45) is -1.00. The molecule has 0 saturated heterocycles. The summed E-state index contributed by atoms with van der Waals surface area (Å²) in [5.41, 5.74) is 7.77. The molecule has 142 valence electrons. The van der Waals surface area contributed by atoms with Crippen LogP contribution < -0.4 is 15.8 Å². The number of aryl methyl sites for hydroxylation is 2. The van der Waals surface area contributed by atoms with Crippen molar-refractivity contribution in [2.75, 3.05) is 11.9 Å². The Morgan fingerprint density at radius 2 is 1.63 bits per heavy atom. The molecule has 1 atom stereocenters. The van der Waals surface area contributed by atoms with Crippen molar-refractivity contribution in [3.8, 4) is 5.75 Å². The van der Waals surface area contributed by atoms with Crippen LogP contribution in [0.2, 0.25) is 0 Å². The number of rotatable bonds is 7. The zero-order valence-electron chi connectivity index (χ0n) is 15.4. The topological polar surface area (TPSA) is 108 Å². The molecular weight excluding hydrogens is 348 g/mol. The van der Waals surface area contributed by atoms with Crippen LogP contribution >= 0.6 is 0 Å². The zero-order chi connectivity index (χ0) is 20.0. The second-order valence-electron chi connectivity index (χ2n) is 6.07. The zero-order valence-corrected chi connectivity index (χ0v) is 15.4. The average Bonchev–Trinajstić information content (AvgIpc) is 2.61. The van der Waals surface area contributed by atoms with Gasteiger partial charge in [-0.25, -0.2) is 4.79 Å². The Balaban J connectivity index is 1.86. The van der Waals surface area contributed by atoms with Gasteiger partial charge in [-0.15, -0.1) is 0 Å². The molecule has 2 aromatic rings. The lowest BCUT2D eigenvalue weighted by atomic mass is 10.1. The number of amides is 2. The fourth-order valence-corrected chi connectivity index (χ4v) is 2.40. The van der Waals surface area contributed by atoms with Crippen molar-refractivity contribution in [3.63, 3.8) is 0 Å². The number of esters is 1. The van der Waals surface area contributed by atoms with Crippen LogP contribution in [0.1, 0.15) is 28.4 Å². The molecule has 7 nitrogen and oxygen atoms in total. The first kappa shape index (κ1) is 20.0. The molecular formula is C20H22N2O5. The van der Waals surface area contributed by atoms with Gasteiger partial charge in [-0.05, 0) is 56.2 Å². The van der Waals surface area contributed by atoms with Crippen LogP contribution in [0.5, 0.6) is 5.75 Å². The molecule has 2 aromatic carbocycles. The average molecular weight is 370 g/mol. The summed E-state index contributed by atoms with van der Waals surface area (Å²) in [5.74, 6) is -1.08. The predicted molar refractivity (Wildman–Crippen MR) is 101 cm³/mol. The van der Waals surface area contributed by atoms with Gasteiger partial charge in [0.2, 0.25) is 5.91 Å². The highest BCUT2D eigenvalue weighted by atomic mass is 16.6. The monoisotopic (exact) mass is 370 g/mol. The standard InChI is InChI=1S/C20H22N2O5/c1-12-5-4-6-13(2)18(12)26-11-17(23)27-14(3)20(25)22-16-9-7-15(8-10-16)19(21)24/h4-10,14H,11H2,1-3H3,(H2,21,24)(H,22,25)/t14-/m1/s1. The Morgan fingerprint density at radius 1 is 1.04 bits per heavy atom. The van der Waals surface area contributed by atoms with Crippen LogP contribution in [0.3, 0.4) is 0 Å². The highest BCUT2D eigenvalue weighted by Crippen LogP contribution is 2.22. The van der Waals surface area contributed by atoms with Crippen LogP contribution in [-0.4, -0.2) is 30.5 Å². The van der Waals surface area contributed by atoms with E-state index in [0.717, 1.165) is 11.1 Å². The molecule has 0 spiro atoms. The lowest BCUT2D eigenvalue weighted by Gasteiger charge is -2.15. The predicted octanol–water partition coefficient (Wildman–Crippen LogP) is 2.35. The molecule has 0 bridgehead atoms. The third-order valence-corrected chi connectivity index (χ3v) is 3.86. The molecule has 0 saturated carbocycles. The molecule has 0 radical (unpaired) electrons. The van der Waals surface area contributed by atoms with Gasteiger partial charge < -0.3 is 20.5 Å². The Hall–Kier alpha value is -3.35.